The number of nitrogens with zero attached hydrogens (tertiary/aromatic N) is 1. The Labute approximate surface area is 125 Å². The van der Waals surface area contributed by atoms with Crippen molar-refractivity contribution in [3.63, 3.8) is 0 Å². The summed E-state index contributed by atoms with van der Waals surface area (Å²) in [6.45, 7) is -0.303. The van der Waals surface area contributed by atoms with E-state index in [1.165, 1.54) is 12.1 Å². The fraction of sp³-hybridized carbons (Fsp3) is 0.0667. The van der Waals surface area contributed by atoms with E-state index in [4.69, 9.17) is 11.6 Å². The van der Waals surface area contributed by atoms with Gasteiger partial charge in [-0.05, 0) is 42.5 Å². The van der Waals surface area contributed by atoms with Crippen LogP contribution in [0.5, 0.6) is 5.75 Å². The van der Waals surface area contributed by atoms with E-state index in [1.54, 1.807) is 30.3 Å². The number of carbonyl (C=O) groups is 1. The van der Waals surface area contributed by atoms with Crippen molar-refractivity contribution in [2.45, 2.75) is 0 Å². The minimum absolute atomic E-state index is 0.103. The Kier molecular flexibility index (Phi) is 3.27. The summed E-state index contributed by atoms with van der Waals surface area (Å²) in [5.74, 6) is -0.284. The second-order valence-corrected chi connectivity index (χ2v) is 5.11. The van der Waals surface area contributed by atoms with Crippen LogP contribution in [0.1, 0.15) is 11.1 Å². The number of nitrogens with one attached hydrogen (secondary N) is 1. The lowest BCUT2D eigenvalue weighted by molar-refractivity contribution is -0.443. The summed E-state index contributed by atoms with van der Waals surface area (Å²) >= 11 is 6.01. The molecule has 1 amide bonds. The van der Waals surface area contributed by atoms with Gasteiger partial charge in [0.2, 0.25) is 12.3 Å². The number of benzodiazepines with no additional fused rings is 1. The van der Waals surface area contributed by atoms with Gasteiger partial charge in [-0.2, -0.15) is 4.74 Å². The number of phenolic OH excluding ortho intramolecular Hbond substituents is 1. The summed E-state index contributed by atoms with van der Waals surface area (Å²) in [6.07, 6.45) is 0. The van der Waals surface area contributed by atoms with E-state index < -0.39 is 0 Å². The maximum Gasteiger partial charge on any atom is 0.291 e. The van der Waals surface area contributed by atoms with Gasteiger partial charge in [0.1, 0.15) is 5.75 Å². The molecular weight excluding hydrogens is 292 g/mol. The summed E-state index contributed by atoms with van der Waals surface area (Å²) < 4.78 is 0.629. The molecule has 2 aromatic rings. The van der Waals surface area contributed by atoms with E-state index in [0.29, 0.717) is 32.3 Å². The fourth-order valence-electron chi connectivity index (χ4n) is 2.27. The zero-order valence-corrected chi connectivity index (χ0v) is 11.6. The molecular formula is C15H11ClN2O3. The SMILES string of the molecule is O=C1C[N+]([O-])=C(c2ccc(O)cc2)c2cc(Cl)ccc2N1. The monoisotopic (exact) mass is 302 g/mol. The molecule has 6 heteroatoms. The molecule has 0 spiro atoms. The minimum Gasteiger partial charge on any atom is -0.623 e. The highest BCUT2D eigenvalue weighted by Gasteiger charge is 2.26. The lowest BCUT2D eigenvalue weighted by atomic mass is 10.0. The van der Waals surface area contributed by atoms with Gasteiger partial charge in [0.25, 0.3) is 5.91 Å². The summed E-state index contributed by atoms with van der Waals surface area (Å²) in [4.78, 5) is 11.7. The number of fused-ring (bicyclic) bond motifs is 1. The highest BCUT2D eigenvalue weighted by atomic mass is 35.5. The Morgan fingerprint density at radius 2 is 1.90 bits per heavy atom. The molecule has 0 aromatic heterocycles. The molecule has 0 saturated carbocycles. The van der Waals surface area contributed by atoms with Gasteiger partial charge in [0, 0.05) is 10.6 Å². The Hall–Kier alpha value is -2.53. The normalized spacial score (nSPS) is 14.4. The van der Waals surface area contributed by atoms with Crippen molar-refractivity contribution in [3.8, 4) is 5.75 Å². The Balaban J connectivity index is 2.25. The second-order valence-electron chi connectivity index (χ2n) is 4.67. The Bertz CT molecular complexity index is 754. The molecule has 0 radical (unpaired) electrons. The van der Waals surface area contributed by atoms with Crippen LogP contribution in [0, 0.1) is 5.21 Å². The van der Waals surface area contributed by atoms with Gasteiger partial charge in [-0.15, -0.1) is 0 Å². The molecule has 5 nitrogen and oxygen atoms in total. The molecule has 1 heterocycles. The number of hydrogen-bond acceptors (Lipinski definition) is 3. The third kappa shape index (κ3) is 2.55. The van der Waals surface area contributed by atoms with Crippen molar-refractivity contribution in [2.24, 2.45) is 0 Å². The third-order valence-corrected chi connectivity index (χ3v) is 3.42. The lowest BCUT2D eigenvalue weighted by Gasteiger charge is -2.10. The van der Waals surface area contributed by atoms with Crippen molar-refractivity contribution in [1.82, 2.24) is 0 Å². The van der Waals surface area contributed by atoms with Crippen LogP contribution >= 0.6 is 11.6 Å². The number of phenols is 1. The number of anilines is 1. The average Bonchev–Trinajstić information content (AvgIpc) is 2.55. The number of hydroxylamine groups is 1. The summed E-state index contributed by atoms with van der Waals surface area (Å²) in [5.41, 5.74) is 2.02. The second kappa shape index (κ2) is 5.10. The molecule has 0 unspecified atom stereocenters. The molecule has 3 rings (SSSR count). The van der Waals surface area contributed by atoms with Crippen molar-refractivity contribution in [3.05, 3.63) is 63.8 Å². The molecule has 2 N–H and O–H groups in total. The molecule has 0 saturated heterocycles. The van der Waals surface area contributed by atoms with E-state index >= 15 is 0 Å². The van der Waals surface area contributed by atoms with Crippen LogP contribution in [0.4, 0.5) is 5.69 Å². The molecule has 1 aliphatic heterocycles. The number of carbonyl (C=O) groups excluding carboxylic acids is 1. The third-order valence-electron chi connectivity index (χ3n) is 3.19. The van der Waals surface area contributed by atoms with E-state index in [9.17, 15) is 15.1 Å². The van der Waals surface area contributed by atoms with Crippen LogP contribution in [0.3, 0.4) is 0 Å². The van der Waals surface area contributed by atoms with Gasteiger partial charge >= 0.3 is 0 Å². The van der Waals surface area contributed by atoms with Crippen LogP contribution in [0.25, 0.3) is 0 Å². The zero-order valence-electron chi connectivity index (χ0n) is 10.8. The standard InChI is InChI=1S/C15H11ClN2O3/c16-10-3-6-13-12(7-10)15(18(21)8-14(20)17-13)9-1-4-11(19)5-2-9/h1-7,19H,8H2,(H,17,20). The highest BCUT2D eigenvalue weighted by molar-refractivity contribution is 6.31. The van der Waals surface area contributed by atoms with Crippen molar-refractivity contribution in [2.75, 3.05) is 11.9 Å². The van der Waals surface area contributed by atoms with Crippen LogP contribution in [-0.4, -0.2) is 28.0 Å². The van der Waals surface area contributed by atoms with Gasteiger partial charge < -0.3 is 15.6 Å². The highest BCUT2D eigenvalue weighted by Crippen LogP contribution is 2.26. The molecule has 106 valence electrons. The predicted octanol–water partition coefficient (Wildman–Crippen LogP) is 2.35. The van der Waals surface area contributed by atoms with Gasteiger partial charge in [0.15, 0.2) is 0 Å². The van der Waals surface area contributed by atoms with Crippen LogP contribution in [0.15, 0.2) is 42.5 Å². The molecule has 2 aromatic carbocycles. The first kappa shape index (κ1) is 13.5. The van der Waals surface area contributed by atoms with Crippen LogP contribution < -0.4 is 5.32 Å². The van der Waals surface area contributed by atoms with E-state index in [-0.39, 0.29) is 18.2 Å². The Morgan fingerprint density at radius 3 is 2.62 bits per heavy atom. The van der Waals surface area contributed by atoms with Crippen LogP contribution in [0.2, 0.25) is 5.02 Å². The number of aromatic hydroxyl groups is 1. The Morgan fingerprint density at radius 1 is 1.19 bits per heavy atom. The molecule has 0 aliphatic carbocycles. The van der Waals surface area contributed by atoms with Crippen molar-refractivity contribution in [1.29, 1.82) is 0 Å². The van der Waals surface area contributed by atoms with Gasteiger partial charge in [-0.1, -0.05) is 11.6 Å². The predicted molar refractivity (Wildman–Crippen MR) is 79.9 cm³/mol. The van der Waals surface area contributed by atoms with Gasteiger partial charge in [0.05, 0.1) is 11.3 Å². The first-order valence-electron chi connectivity index (χ1n) is 6.25. The summed E-state index contributed by atoms with van der Waals surface area (Å²) in [5, 5.41) is 24.8. The smallest absolute Gasteiger partial charge is 0.291 e. The number of benzene rings is 2. The molecule has 1 aliphatic rings. The quantitative estimate of drug-likeness (QED) is 0.627. The maximum absolute atomic E-state index is 12.3. The molecule has 0 fully saturated rings. The largest absolute Gasteiger partial charge is 0.623 e. The fourth-order valence-corrected chi connectivity index (χ4v) is 2.45. The number of halogens is 1. The summed E-state index contributed by atoms with van der Waals surface area (Å²) in [6, 6.07) is 11.2. The number of rotatable bonds is 1. The number of hydrogen-bond donors (Lipinski definition) is 2. The topological polar surface area (TPSA) is 75.4 Å². The molecule has 21 heavy (non-hydrogen) atoms. The first-order valence-corrected chi connectivity index (χ1v) is 6.63. The van der Waals surface area contributed by atoms with E-state index in [1.807, 2.05) is 0 Å². The maximum atomic E-state index is 12.3. The average molecular weight is 303 g/mol. The van der Waals surface area contributed by atoms with Gasteiger partial charge in [-0.25, -0.2) is 0 Å². The zero-order chi connectivity index (χ0) is 15.0. The van der Waals surface area contributed by atoms with Crippen molar-refractivity contribution < 1.29 is 14.6 Å². The summed E-state index contributed by atoms with van der Waals surface area (Å²) in [7, 11) is 0. The van der Waals surface area contributed by atoms with E-state index in [0.717, 1.165) is 0 Å². The van der Waals surface area contributed by atoms with Crippen molar-refractivity contribution >= 4 is 28.9 Å². The number of amides is 1. The first-order chi connectivity index (χ1) is 10.0. The lowest BCUT2D eigenvalue weighted by Crippen LogP contribution is -2.23. The molecule has 0 bridgehead atoms. The molecule has 0 atom stereocenters. The minimum atomic E-state index is -0.387. The van der Waals surface area contributed by atoms with E-state index in [2.05, 4.69) is 5.32 Å². The van der Waals surface area contributed by atoms with Crippen LogP contribution in [-0.2, 0) is 4.79 Å². The van der Waals surface area contributed by atoms with Gasteiger partial charge in [-0.3, -0.25) is 4.79 Å².